The Bertz CT molecular complexity index is 755. The summed E-state index contributed by atoms with van der Waals surface area (Å²) in [6.07, 6.45) is 7.45. The number of ether oxygens (including phenoxy) is 1. The number of rotatable bonds is 4. The Morgan fingerprint density at radius 2 is 2.29 bits per heavy atom. The molecule has 7 nitrogen and oxygen atoms in total. The molecule has 0 bridgehead atoms. The molecular weight excluding hydrogens is 308 g/mol. The van der Waals surface area contributed by atoms with E-state index < -0.39 is 6.10 Å². The molecule has 2 aromatic rings. The summed E-state index contributed by atoms with van der Waals surface area (Å²) >= 11 is 0. The minimum absolute atomic E-state index is 0.0414. The zero-order valence-electron chi connectivity index (χ0n) is 14.0. The number of methoxy groups -OCH3 is 1. The minimum Gasteiger partial charge on any atom is -0.372 e. The number of imidazole rings is 1. The van der Waals surface area contributed by atoms with Crippen molar-refractivity contribution in [3.63, 3.8) is 0 Å². The second kappa shape index (κ2) is 7.00. The third kappa shape index (κ3) is 3.41. The number of anilines is 1. The molecule has 7 heteroatoms. The van der Waals surface area contributed by atoms with Gasteiger partial charge in [0.15, 0.2) is 0 Å². The van der Waals surface area contributed by atoms with Crippen molar-refractivity contribution in [2.75, 3.05) is 25.5 Å². The van der Waals surface area contributed by atoms with Crippen molar-refractivity contribution in [1.82, 2.24) is 14.3 Å². The molecule has 1 aliphatic rings. The molecule has 24 heavy (non-hydrogen) atoms. The number of hydrogen-bond donors (Lipinski definition) is 1. The van der Waals surface area contributed by atoms with E-state index in [1.54, 1.807) is 11.1 Å². The van der Waals surface area contributed by atoms with Gasteiger partial charge in [0.1, 0.15) is 11.8 Å². The molecule has 1 unspecified atom stereocenters. The number of nitrogens with zero attached hydrogens (tertiary/aromatic N) is 3. The van der Waals surface area contributed by atoms with Gasteiger partial charge in [0.05, 0.1) is 12.2 Å². The van der Waals surface area contributed by atoms with Crippen molar-refractivity contribution in [3.05, 3.63) is 30.2 Å². The van der Waals surface area contributed by atoms with Gasteiger partial charge < -0.3 is 19.4 Å². The second-order valence-electron chi connectivity index (χ2n) is 6.10. The van der Waals surface area contributed by atoms with Crippen LogP contribution in [0.3, 0.4) is 0 Å². The summed E-state index contributed by atoms with van der Waals surface area (Å²) in [6, 6.07) is 1.88. The Morgan fingerprint density at radius 1 is 1.46 bits per heavy atom. The lowest BCUT2D eigenvalue weighted by Crippen LogP contribution is -2.43. The molecule has 3 rings (SSSR count). The molecule has 1 saturated heterocycles. The fourth-order valence-corrected chi connectivity index (χ4v) is 3.10. The first-order chi connectivity index (χ1) is 11.6. The number of carbonyl (C=O) groups excluding carboxylic acids is 2. The molecule has 0 radical (unpaired) electrons. The first-order valence-electron chi connectivity index (χ1n) is 8.13. The predicted octanol–water partition coefficient (Wildman–Crippen LogP) is 1.61. The maximum absolute atomic E-state index is 12.4. The number of nitrogens with one attached hydrogen (secondary N) is 1. The average Bonchev–Trinajstić information content (AvgIpc) is 2.95. The molecule has 1 aliphatic heterocycles. The minimum atomic E-state index is -0.440. The fourth-order valence-electron chi connectivity index (χ4n) is 3.10. The van der Waals surface area contributed by atoms with Crippen LogP contribution in [-0.2, 0) is 14.3 Å². The summed E-state index contributed by atoms with van der Waals surface area (Å²) < 4.78 is 7.10. The lowest BCUT2D eigenvalue weighted by atomic mass is 10.2. The third-order valence-corrected chi connectivity index (χ3v) is 4.31. The van der Waals surface area contributed by atoms with E-state index in [0.29, 0.717) is 18.7 Å². The summed E-state index contributed by atoms with van der Waals surface area (Å²) in [6.45, 7) is 2.57. The van der Waals surface area contributed by atoms with Crippen molar-refractivity contribution in [2.24, 2.45) is 0 Å². The quantitative estimate of drug-likeness (QED) is 0.924. The molecular formula is C17H22N4O3. The number of hydrogen-bond acceptors (Lipinski definition) is 4. The van der Waals surface area contributed by atoms with Crippen LogP contribution in [0.25, 0.3) is 5.65 Å². The highest BCUT2D eigenvalue weighted by molar-refractivity contribution is 5.95. The van der Waals surface area contributed by atoms with E-state index in [9.17, 15) is 9.59 Å². The maximum atomic E-state index is 12.4. The van der Waals surface area contributed by atoms with Crippen molar-refractivity contribution in [1.29, 1.82) is 0 Å². The van der Waals surface area contributed by atoms with E-state index in [2.05, 4.69) is 10.3 Å². The van der Waals surface area contributed by atoms with Gasteiger partial charge in [-0.15, -0.1) is 0 Å². The zero-order valence-corrected chi connectivity index (χ0v) is 14.0. The van der Waals surface area contributed by atoms with Crippen LogP contribution in [0, 0.1) is 6.92 Å². The van der Waals surface area contributed by atoms with Crippen LogP contribution in [0.15, 0.2) is 24.7 Å². The van der Waals surface area contributed by atoms with Crippen LogP contribution in [0.5, 0.6) is 0 Å². The fraction of sp³-hybridized carbons (Fsp3) is 0.471. The van der Waals surface area contributed by atoms with Crippen molar-refractivity contribution < 1.29 is 14.3 Å². The van der Waals surface area contributed by atoms with Gasteiger partial charge in [0.2, 0.25) is 5.91 Å². The van der Waals surface area contributed by atoms with Crippen molar-refractivity contribution >= 4 is 23.1 Å². The standard InChI is InChI=1S/C17H22N4O3/c1-12-9-13(10-20-8-6-18-16(12)20)19-15(22)11-21-7-4-3-5-14(24-2)17(21)23/h6,8-10,14H,3-5,7,11H2,1-2H3,(H,19,22). The molecule has 0 aliphatic carbocycles. The highest BCUT2D eigenvalue weighted by atomic mass is 16.5. The van der Waals surface area contributed by atoms with Gasteiger partial charge in [0, 0.05) is 32.2 Å². The highest BCUT2D eigenvalue weighted by Gasteiger charge is 2.28. The highest BCUT2D eigenvalue weighted by Crippen LogP contribution is 2.17. The largest absolute Gasteiger partial charge is 0.372 e. The number of amides is 2. The van der Waals surface area contributed by atoms with E-state index >= 15 is 0 Å². The predicted molar refractivity (Wildman–Crippen MR) is 89.8 cm³/mol. The molecule has 1 N–H and O–H groups in total. The number of aromatic nitrogens is 2. The van der Waals surface area contributed by atoms with E-state index in [1.165, 1.54) is 7.11 Å². The Kier molecular flexibility index (Phi) is 4.80. The molecule has 2 aromatic heterocycles. The molecule has 0 spiro atoms. The van der Waals surface area contributed by atoms with Crippen LogP contribution in [0.1, 0.15) is 24.8 Å². The molecule has 1 fully saturated rings. The first-order valence-corrected chi connectivity index (χ1v) is 8.13. The Labute approximate surface area is 140 Å². The molecule has 1 atom stereocenters. The third-order valence-electron chi connectivity index (χ3n) is 4.31. The van der Waals surface area contributed by atoms with Crippen LogP contribution >= 0.6 is 0 Å². The van der Waals surface area contributed by atoms with Crippen LogP contribution in [0.4, 0.5) is 5.69 Å². The maximum Gasteiger partial charge on any atom is 0.252 e. The molecule has 0 aromatic carbocycles. The zero-order chi connectivity index (χ0) is 17.1. The van der Waals surface area contributed by atoms with Gasteiger partial charge in [-0.2, -0.15) is 0 Å². The van der Waals surface area contributed by atoms with Crippen molar-refractivity contribution in [2.45, 2.75) is 32.3 Å². The summed E-state index contributed by atoms with van der Waals surface area (Å²) in [5, 5.41) is 2.86. The van der Waals surface area contributed by atoms with Crippen LogP contribution in [0.2, 0.25) is 0 Å². The van der Waals surface area contributed by atoms with E-state index in [1.807, 2.05) is 29.8 Å². The monoisotopic (exact) mass is 330 g/mol. The number of likely N-dealkylation sites (tertiary alicyclic amines) is 1. The van der Waals surface area contributed by atoms with Crippen LogP contribution in [-0.4, -0.2) is 52.4 Å². The lowest BCUT2D eigenvalue weighted by Gasteiger charge is -2.23. The van der Waals surface area contributed by atoms with Gasteiger partial charge in [-0.25, -0.2) is 4.98 Å². The summed E-state index contributed by atoms with van der Waals surface area (Å²) in [5.74, 6) is -0.314. The number of carbonyl (C=O) groups is 2. The summed E-state index contributed by atoms with van der Waals surface area (Å²) in [4.78, 5) is 30.6. The lowest BCUT2D eigenvalue weighted by molar-refractivity contribution is -0.143. The van der Waals surface area contributed by atoms with Gasteiger partial charge in [-0.1, -0.05) is 0 Å². The molecule has 0 saturated carbocycles. The number of pyridine rings is 1. The molecule has 3 heterocycles. The topological polar surface area (TPSA) is 75.9 Å². The van der Waals surface area contributed by atoms with Gasteiger partial charge in [-0.3, -0.25) is 9.59 Å². The summed E-state index contributed by atoms with van der Waals surface area (Å²) in [5.41, 5.74) is 2.52. The van der Waals surface area contributed by atoms with E-state index in [0.717, 1.165) is 24.1 Å². The average molecular weight is 330 g/mol. The van der Waals surface area contributed by atoms with Gasteiger partial charge >= 0.3 is 0 Å². The number of aryl methyl sites for hydroxylation is 1. The SMILES string of the molecule is COC1CCCCN(CC(=O)Nc2cc(C)c3nccn3c2)C1=O. The van der Waals surface area contributed by atoms with Crippen LogP contribution < -0.4 is 5.32 Å². The van der Waals surface area contributed by atoms with Gasteiger partial charge in [0.25, 0.3) is 5.91 Å². The molecule has 2 amide bonds. The smallest absolute Gasteiger partial charge is 0.252 e. The Morgan fingerprint density at radius 3 is 3.08 bits per heavy atom. The van der Waals surface area contributed by atoms with E-state index in [-0.39, 0.29) is 18.4 Å². The molecule has 128 valence electrons. The van der Waals surface area contributed by atoms with E-state index in [4.69, 9.17) is 4.74 Å². The van der Waals surface area contributed by atoms with Crippen molar-refractivity contribution in [3.8, 4) is 0 Å². The Balaban J connectivity index is 1.68. The number of fused-ring (bicyclic) bond motifs is 1. The first kappa shape index (κ1) is 16.4. The Hall–Kier alpha value is -2.41. The normalized spacial score (nSPS) is 18.7. The second-order valence-corrected chi connectivity index (χ2v) is 6.10. The van der Waals surface area contributed by atoms with Gasteiger partial charge in [-0.05, 0) is 37.8 Å². The summed E-state index contributed by atoms with van der Waals surface area (Å²) in [7, 11) is 1.54.